The number of hydrogen-bond donors (Lipinski definition) is 2. The van der Waals surface area contributed by atoms with Crippen LogP contribution in [0.4, 0.5) is 0 Å². The first-order valence-corrected chi connectivity index (χ1v) is 5.85. The normalized spacial score (nSPS) is 10.1. The molecule has 2 aromatic carbocycles. The Hall–Kier alpha value is -2.49. The zero-order chi connectivity index (χ0) is 13.7. The summed E-state index contributed by atoms with van der Waals surface area (Å²) in [6, 6.07) is 14.1. The molecule has 0 saturated heterocycles. The van der Waals surface area contributed by atoms with E-state index in [1.54, 1.807) is 6.07 Å². The summed E-state index contributed by atoms with van der Waals surface area (Å²) in [4.78, 5) is 10.6. The second-order valence-electron chi connectivity index (χ2n) is 4.18. The Morgan fingerprint density at radius 2 is 1.79 bits per heavy atom. The highest BCUT2D eigenvalue weighted by molar-refractivity contribution is 5.70. The maximum Gasteiger partial charge on any atom is 0.307 e. The number of phenolic OH excluding ortho intramolecular Hbond substituents is 1. The number of benzene rings is 2. The molecule has 0 unspecified atom stereocenters. The number of ether oxygens (including phenoxy) is 1. The van der Waals surface area contributed by atoms with Crippen molar-refractivity contribution in [3.05, 3.63) is 59.7 Å². The van der Waals surface area contributed by atoms with E-state index >= 15 is 0 Å². The van der Waals surface area contributed by atoms with Crippen molar-refractivity contribution in [3.8, 4) is 11.5 Å². The van der Waals surface area contributed by atoms with Crippen LogP contribution >= 0.6 is 0 Å². The van der Waals surface area contributed by atoms with Crippen molar-refractivity contribution >= 4 is 5.97 Å². The molecule has 0 radical (unpaired) electrons. The van der Waals surface area contributed by atoms with Gasteiger partial charge in [0, 0.05) is 6.07 Å². The number of rotatable bonds is 5. The number of carboxylic acid groups (broad SMARTS) is 1. The maximum absolute atomic E-state index is 10.6. The van der Waals surface area contributed by atoms with Crippen LogP contribution in [0.3, 0.4) is 0 Å². The van der Waals surface area contributed by atoms with Gasteiger partial charge in [-0.05, 0) is 23.3 Å². The van der Waals surface area contributed by atoms with Gasteiger partial charge in [0.05, 0.1) is 6.42 Å². The van der Waals surface area contributed by atoms with Crippen LogP contribution in [0.1, 0.15) is 11.1 Å². The summed E-state index contributed by atoms with van der Waals surface area (Å²) < 4.78 is 5.54. The first-order chi connectivity index (χ1) is 9.13. The van der Waals surface area contributed by atoms with Crippen molar-refractivity contribution in [1.82, 2.24) is 0 Å². The van der Waals surface area contributed by atoms with E-state index in [0.29, 0.717) is 17.9 Å². The molecular weight excluding hydrogens is 244 g/mol. The molecule has 2 N–H and O–H groups in total. The topological polar surface area (TPSA) is 66.8 Å². The lowest BCUT2D eigenvalue weighted by Gasteiger charge is -2.08. The van der Waals surface area contributed by atoms with E-state index in [1.165, 1.54) is 12.1 Å². The highest BCUT2D eigenvalue weighted by Gasteiger charge is 2.05. The molecule has 98 valence electrons. The minimum absolute atomic E-state index is 0.00168. The molecule has 0 bridgehead atoms. The summed E-state index contributed by atoms with van der Waals surface area (Å²) in [5, 5.41) is 18.3. The van der Waals surface area contributed by atoms with Gasteiger partial charge in [0.2, 0.25) is 0 Å². The molecule has 0 aliphatic carbocycles. The van der Waals surface area contributed by atoms with Gasteiger partial charge in [-0.1, -0.05) is 30.3 Å². The van der Waals surface area contributed by atoms with Gasteiger partial charge in [0.1, 0.15) is 18.1 Å². The van der Waals surface area contributed by atoms with Gasteiger partial charge in [-0.2, -0.15) is 0 Å². The summed E-state index contributed by atoms with van der Waals surface area (Å²) in [7, 11) is 0. The summed E-state index contributed by atoms with van der Waals surface area (Å²) in [5.74, 6) is -0.485. The predicted molar refractivity (Wildman–Crippen MR) is 70.2 cm³/mol. The van der Waals surface area contributed by atoms with E-state index in [-0.39, 0.29) is 12.2 Å². The van der Waals surface area contributed by atoms with Gasteiger partial charge in [-0.25, -0.2) is 0 Å². The van der Waals surface area contributed by atoms with Crippen LogP contribution in [0.5, 0.6) is 11.5 Å². The molecule has 2 rings (SSSR count). The van der Waals surface area contributed by atoms with E-state index in [9.17, 15) is 9.90 Å². The molecule has 4 nitrogen and oxygen atoms in total. The van der Waals surface area contributed by atoms with Crippen LogP contribution in [0, 0.1) is 0 Å². The summed E-state index contributed by atoms with van der Waals surface area (Å²) in [6.45, 7) is 0.372. The Bertz CT molecular complexity index is 564. The van der Waals surface area contributed by atoms with E-state index < -0.39 is 5.97 Å². The molecule has 0 aliphatic heterocycles. The fraction of sp³-hybridized carbons (Fsp3) is 0.133. The molecule has 0 spiro atoms. The molecule has 4 heteroatoms. The van der Waals surface area contributed by atoms with E-state index in [2.05, 4.69) is 0 Å². The third kappa shape index (κ3) is 4.03. The zero-order valence-electron chi connectivity index (χ0n) is 10.2. The molecule has 2 aromatic rings. The van der Waals surface area contributed by atoms with Crippen molar-refractivity contribution in [2.75, 3.05) is 0 Å². The molecule has 0 atom stereocenters. The van der Waals surface area contributed by atoms with E-state index in [1.807, 2.05) is 30.3 Å². The van der Waals surface area contributed by atoms with E-state index in [4.69, 9.17) is 9.84 Å². The third-order valence-electron chi connectivity index (χ3n) is 2.55. The quantitative estimate of drug-likeness (QED) is 0.865. The Morgan fingerprint density at radius 3 is 2.47 bits per heavy atom. The van der Waals surface area contributed by atoms with Crippen molar-refractivity contribution in [2.45, 2.75) is 13.0 Å². The highest BCUT2D eigenvalue weighted by atomic mass is 16.5. The van der Waals surface area contributed by atoms with Crippen LogP contribution in [0.25, 0.3) is 0 Å². The third-order valence-corrected chi connectivity index (χ3v) is 2.55. The second-order valence-corrected chi connectivity index (χ2v) is 4.18. The van der Waals surface area contributed by atoms with Gasteiger partial charge in [-0.3, -0.25) is 4.79 Å². The number of carbonyl (C=O) groups is 1. The number of hydrogen-bond acceptors (Lipinski definition) is 3. The highest BCUT2D eigenvalue weighted by Crippen LogP contribution is 2.23. The molecular formula is C15H14O4. The van der Waals surface area contributed by atoms with Crippen LogP contribution in [-0.2, 0) is 17.8 Å². The number of aliphatic carboxylic acids is 1. The monoisotopic (exact) mass is 258 g/mol. The molecule has 0 fully saturated rings. The number of carboxylic acids is 1. The lowest BCUT2D eigenvalue weighted by atomic mass is 10.1. The van der Waals surface area contributed by atoms with Crippen LogP contribution in [0.2, 0.25) is 0 Å². The Kier molecular flexibility index (Phi) is 4.03. The van der Waals surface area contributed by atoms with Crippen LogP contribution in [-0.4, -0.2) is 16.2 Å². The Balaban J connectivity index is 2.07. The SMILES string of the molecule is O=C(O)Cc1cc(O)cc(OCc2ccccc2)c1. The van der Waals surface area contributed by atoms with E-state index in [0.717, 1.165) is 5.56 Å². The zero-order valence-corrected chi connectivity index (χ0v) is 10.2. The average Bonchev–Trinajstić information content (AvgIpc) is 2.36. The molecule has 19 heavy (non-hydrogen) atoms. The smallest absolute Gasteiger partial charge is 0.307 e. The van der Waals surface area contributed by atoms with Gasteiger partial charge in [0.15, 0.2) is 0 Å². The molecule has 0 amide bonds. The van der Waals surface area contributed by atoms with Crippen molar-refractivity contribution in [2.24, 2.45) is 0 Å². The van der Waals surface area contributed by atoms with Gasteiger partial charge in [0.25, 0.3) is 0 Å². The fourth-order valence-corrected chi connectivity index (χ4v) is 1.74. The lowest BCUT2D eigenvalue weighted by molar-refractivity contribution is -0.136. The molecule has 0 aromatic heterocycles. The second kappa shape index (κ2) is 5.91. The largest absolute Gasteiger partial charge is 0.508 e. The van der Waals surface area contributed by atoms with Gasteiger partial charge < -0.3 is 14.9 Å². The minimum atomic E-state index is -0.945. The van der Waals surface area contributed by atoms with Crippen LogP contribution < -0.4 is 4.74 Å². The number of phenols is 1. The van der Waals surface area contributed by atoms with Crippen molar-refractivity contribution < 1.29 is 19.7 Å². The first kappa shape index (κ1) is 13.0. The summed E-state index contributed by atoms with van der Waals surface area (Å²) in [5.41, 5.74) is 1.51. The average molecular weight is 258 g/mol. The summed E-state index contributed by atoms with van der Waals surface area (Å²) in [6.07, 6.45) is -0.143. The lowest BCUT2D eigenvalue weighted by Crippen LogP contribution is -2.01. The van der Waals surface area contributed by atoms with Crippen molar-refractivity contribution in [1.29, 1.82) is 0 Å². The molecule has 0 aliphatic rings. The number of aromatic hydroxyl groups is 1. The predicted octanol–water partition coefficient (Wildman–Crippen LogP) is 2.60. The Labute approximate surface area is 110 Å². The van der Waals surface area contributed by atoms with Gasteiger partial charge in [-0.15, -0.1) is 0 Å². The Morgan fingerprint density at radius 1 is 1.05 bits per heavy atom. The van der Waals surface area contributed by atoms with Crippen LogP contribution in [0.15, 0.2) is 48.5 Å². The van der Waals surface area contributed by atoms with Gasteiger partial charge >= 0.3 is 5.97 Å². The standard InChI is InChI=1S/C15H14O4/c16-13-6-12(8-15(17)18)7-14(9-13)19-10-11-4-2-1-3-5-11/h1-7,9,16H,8,10H2,(H,17,18). The molecule has 0 heterocycles. The minimum Gasteiger partial charge on any atom is -0.508 e. The fourth-order valence-electron chi connectivity index (χ4n) is 1.74. The maximum atomic E-state index is 10.6. The molecule has 0 saturated carbocycles. The first-order valence-electron chi connectivity index (χ1n) is 5.85. The van der Waals surface area contributed by atoms with Crippen molar-refractivity contribution in [3.63, 3.8) is 0 Å². The summed E-state index contributed by atoms with van der Waals surface area (Å²) >= 11 is 0.